The second-order valence-electron chi connectivity index (χ2n) is 6.01. The minimum absolute atomic E-state index is 0.365. The highest BCUT2D eigenvalue weighted by Gasteiger charge is 2.45. The zero-order valence-corrected chi connectivity index (χ0v) is 11.0. The molecule has 3 fully saturated rings. The van der Waals surface area contributed by atoms with Crippen molar-refractivity contribution in [1.82, 2.24) is 0 Å². The Morgan fingerprint density at radius 1 is 1.00 bits per heavy atom. The lowest BCUT2D eigenvalue weighted by Gasteiger charge is -2.40. The van der Waals surface area contributed by atoms with Crippen LogP contribution in [0.4, 0.5) is 0 Å². The molecule has 1 N–H and O–H groups in total. The van der Waals surface area contributed by atoms with E-state index in [1.54, 1.807) is 0 Å². The monoisotopic (exact) mass is 256 g/mol. The highest BCUT2D eigenvalue weighted by molar-refractivity contribution is 4.91. The Kier molecular flexibility index (Phi) is 3.63. The van der Waals surface area contributed by atoms with Gasteiger partial charge in [0.25, 0.3) is 0 Å². The van der Waals surface area contributed by atoms with Crippen molar-refractivity contribution < 1.29 is 19.3 Å². The van der Waals surface area contributed by atoms with Gasteiger partial charge in [0.05, 0.1) is 24.9 Å². The molecular formula is C14H24O4. The summed E-state index contributed by atoms with van der Waals surface area (Å²) in [5.41, 5.74) is -0.521. The van der Waals surface area contributed by atoms with Crippen molar-refractivity contribution in [3.05, 3.63) is 0 Å². The van der Waals surface area contributed by atoms with Gasteiger partial charge in [-0.25, -0.2) is 0 Å². The van der Waals surface area contributed by atoms with E-state index in [0.29, 0.717) is 19.3 Å². The molecule has 1 aliphatic carbocycles. The van der Waals surface area contributed by atoms with E-state index in [2.05, 4.69) is 0 Å². The van der Waals surface area contributed by atoms with Crippen LogP contribution in [0.1, 0.15) is 51.4 Å². The van der Waals surface area contributed by atoms with Crippen LogP contribution in [0.5, 0.6) is 0 Å². The third-order valence-electron chi connectivity index (χ3n) is 4.71. The van der Waals surface area contributed by atoms with E-state index in [0.717, 1.165) is 51.6 Å². The third-order valence-corrected chi connectivity index (χ3v) is 4.71. The largest absolute Gasteiger partial charge is 0.390 e. The van der Waals surface area contributed by atoms with Crippen LogP contribution < -0.4 is 0 Å². The standard InChI is InChI=1S/C14H24O4/c15-13(4-3-12-2-1-9-16-12)5-7-14(8-6-13)17-10-11-18-14/h12,15H,1-11H2. The van der Waals surface area contributed by atoms with Gasteiger partial charge in [0, 0.05) is 19.4 Å². The molecule has 3 aliphatic rings. The second kappa shape index (κ2) is 5.08. The van der Waals surface area contributed by atoms with Crippen molar-refractivity contribution in [3.8, 4) is 0 Å². The molecule has 2 heterocycles. The minimum Gasteiger partial charge on any atom is -0.390 e. The molecule has 2 aliphatic heterocycles. The molecule has 0 aromatic rings. The van der Waals surface area contributed by atoms with Crippen LogP contribution in [0, 0.1) is 0 Å². The number of ether oxygens (including phenoxy) is 3. The highest BCUT2D eigenvalue weighted by Crippen LogP contribution is 2.42. The van der Waals surface area contributed by atoms with Gasteiger partial charge >= 0.3 is 0 Å². The molecule has 2 saturated heterocycles. The summed E-state index contributed by atoms with van der Waals surface area (Å²) in [6, 6.07) is 0. The molecule has 0 radical (unpaired) electrons. The van der Waals surface area contributed by atoms with Gasteiger partial charge in [-0.15, -0.1) is 0 Å². The van der Waals surface area contributed by atoms with Gasteiger partial charge in [-0.05, 0) is 38.5 Å². The van der Waals surface area contributed by atoms with Gasteiger partial charge in [0.2, 0.25) is 0 Å². The fraction of sp³-hybridized carbons (Fsp3) is 1.00. The van der Waals surface area contributed by atoms with Crippen molar-refractivity contribution in [3.63, 3.8) is 0 Å². The maximum atomic E-state index is 10.6. The Hall–Kier alpha value is -0.160. The van der Waals surface area contributed by atoms with E-state index in [4.69, 9.17) is 14.2 Å². The van der Waals surface area contributed by atoms with E-state index in [-0.39, 0.29) is 5.79 Å². The zero-order chi connectivity index (χ0) is 12.5. The van der Waals surface area contributed by atoms with Crippen LogP contribution in [0.25, 0.3) is 0 Å². The van der Waals surface area contributed by atoms with Crippen LogP contribution in [0.2, 0.25) is 0 Å². The third kappa shape index (κ3) is 2.72. The van der Waals surface area contributed by atoms with Crippen molar-refractivity contribution in [2.45, 2.75) is 68.9 Å². The minimum atomic E-state index is -0.521. The molecule has 1 saturated carbocycles. The molecule has 104 valence electrons. The molecule has 3 rings (SSSR count). The van der Waals surface area contributed by atoms with Gasteiger partial charge in [0.15, 0.2) is 5.79 Å². The fourth-order valence-corrected chi connectivity index (χ4v) is 3.43. The summed E-state index contributed by atoms with van der Waals surface area (Å²) in [5, 5.41) is 10.6. The van der Waals surface area contributed by atoms with E-state index < -0.39 is 5.60 Å². The van der Waals surface area contributed by atoms with Gasteiger partial charge in [-0.1, -0.05) is 0 Å². The van der Waals surface area contributed by atoms with Crippen LogP contribution in [-0.2, 0) is 14.2 Å². The average Bonchev–Trinajstić information content (AvgIpc) is 3.04. The van der Waals surface area contributed by atoms with Crippen molar-refractivity contribution in [2.24, 2.45) is 0 Å². The highest BCUT2D eigenvalue weighted by atomic mass is 16.7. The summed E-state index contributed by atoms with van der Waals surface area (Å²) in [5.74, 6) is -0.365. The van der Waals surface area contributed by atoms with Crippen molar-refractivity contribution >= 4 is 0 Å². The van der Waals surface area contributed by atoms with E-state index in [1.807, 2.05) is 0 Å². The van der Waals surface area contributed by atoms with Crippen molar-refractivity contribution in [1.29, 1.82) is 0 Å². The van der Waals surface area contributed by atoms with Crippen LogP contribution in [0.15, 0.2) is 0 Å². The molecule has 1 atom stereocenters. The summed E-state index contributed by atoms with van der Waals surface area (Å²) in [6.45, 7) is 2.30. The predicted molar refractivity (Wildman–Crippen MR) is 66.3 cm³/mol. The quantitative estimate of drug-likeness (QED) is 0.839. The summed E-state index contributed by atoms with van der Waals surface area (Å²) < 4.78 is 17.0. The molecule has 4 nitrogen and oxygen atoms in total. The molecule has 0 aromatic heterocycles. The lowest BCUT2D eigenvalue weighted by molar-refractivity contribution is -0.204. The van der Waals surface area contributed by atoms with Gasteiger partial charge in [-0.3, -0.25) is 0 Å². The lowest BCUT2D eigenvalue weighted by Crippen LogP contribution is -2.43. The van der Waals surface area contributed by atoms with E-state index in [9.17, 15) is 5.11 Å². The molecule has 0 aromatic carbocycles. The average molecular weight is 256 g/mol. The Morgan fingerprint density at radius 3 is 2.33 bits per heavy atom. The Bertz CT molecular complexity index is 264. The summed E-state index contributed by atoms with van der Waals surface area (Å²) in [6.07, 6.45) is 7.80. The molecule has 0 bridgehead atoms. The van der Waals surface area contributed by atoms with E-state index in [1.165, 1.54) is 6.42 Å². The SMILES string of the molecule is OC1(CCC2CCCO2)CCC2(CC1)OCCO2. The fourth-order valence-electron chi connectivity index (χ4n) is 3.43. The number of rotatable bonds is 3. The molecule has 4 heteroatoms. The second-order valence-corrected chi connectivity index (χ2v) is 6.01. The normalized spacial score (nSPS) is 34.2. The predicted octanol–water partition coefficient (Wildman–Crippen LogP) is 1.99. The maximum absolute atomic E-state index is 10.6. The smallest absolute Gasteiger partial charge is 0.168 e. The van der Waals surface area contributed by atoms with Gasteiger partial charge in [-0.2, -0.15) is 0 Å². The Balaban J connectivity index is 1.47. The van der Waals surface area contributed by atoms with E-state index >= 15 is 0 Å². The van der Waals surface area contributed by atoms with Crippen molar-refractivity contribution in [2.75, 3.05) is 19.8 Å². The zero-order valence-electron chi connectivity index (χ0n) is 11.0. The van der Waals surface area contributed by atoms with Gasteiger partial charge < -0.3 is 19.3 Å². The molecule has 1 unspecified atom stereocenters. The first kappa shape index (κ1) is 12.9. The topological polar surface area (TPSA) is 47.9 Å². The van der Waals surface area contributed by atoms with Crippen LogP contribution >= 0.6 is 0 Å². The Morgan fingerprint density at radius 2 is 1.72 bits per heavy atom. The number of aliphatic hydroxyl groups is 1. The van der Waals surface area contributed by atoms with Gasteiger partial charge in [0.1, 0.15) is 0 Å². The van der Waals surface area contributed by atoms with Crippen LogP contribution in [-0.4, -0.2) is 42.4 Å². The first-order valence-corrected chi connectivity index (χ1v) is 7.32. The number of hydrogen-bond donors (Lipinski definition) is 1. The lowest BCUT2D eigenvalue weighted by atomic mass is 9.78. The first-order valence-electron chi connectivity index (χ1n) is 7.32. The summed E-state index contributed by atoms with van der Waals surface area (Å²) in [4.78, 5) is 0. The molecule has 18 heavy (non-hydrogen) atoms. The number of hydrogen-bond acceptors (Lipinski definition) is 4. The van der Waals surface area contributed by atoms with Crippen LogP contribution in [0.3, 0.4) is 0 Å². The molecule has 0 amide bonds. The molecule has 1 spiro atoms. The first-order chi connectivity index (χ1) is 8.70. The maximum Gasteiger partial charge on any atom is 0.168 e. The Labute approximate surface area is 109 Å². The summed E-state index contributed by atoms with van der Waals surface area (Å²) in [7, 11) is 0. The summed E-state index contributed by atoms with van der Waals surface area (Å²) >= 11 is 0. The molecular weight excluding hydrogens is 232 g/mol.